The molecule has 0 aliphatic carbocycles. The van der Waals surface area contributed by atoms with Crippen molar-refractivity contribution >= 4 is 0 Å². The van der Waals surface area contributed by atoms with Gasteiger partial charge >= 0.3 is 0 Å². The summed E-state index contributed by atoms with van der Waals surface area (Å²) in [5, 5.41) is 3.60. The highest BCUT2D eigenvalue weighted by molar-refractivity contribution is 4.92. The van der Waals surface area contributed by atoms with Gasteiger partial charge in [0, 0.05) is 19.1 Å². The summed E-state index contributed by atoms with van der Waals surface area (Å²) in [7, 11) is 2.34. The van der Waals surface area contributed by atoms with Crippen LogP contribution in [0.3, 0.4) is 0 Å². The normalized spacial score (nSPS) is 36.4. The maximum atomic E-state index is 3.60. The van der Waals surface area contributed by atoms with E-state index in [9.17, 15) is 0 Å². The highest BCUT2D eigenvalue weighted by atomic mass is 15.2. The van der Waals surface area contributed by atoms with Gasteiger partial charge in [-0.15, -0.1) is 0 Å². The molecule has 0 radical (unpaired) electrons. The highest BCUT2D eigenvalue weighted by Gasteiger charge is 2.38. The summed E-state index contributed by atoms with van der Waals surface area (Å²) in [5.74, 6) is 1.79. The molecule has 3 heteroatoms. The molecule has 3 nitrogen and oxygen atoms in total. The Bertz CT molecular complexity index is 335. The molecule has 3 atom stereocenters. The van der Waals surface area contributed by atoms with Gasteiger partial charge in [0.2, 0.25) is 0 Å². The Morgan fingerprint density at radius 2 is 1.95 bits per heavy atom. The van der Waals surface area contributed by atoms with Gasteiger partial charge in [0.05, 0.1) is 0 Å². The number of piperidine rings is 3. The van der Waals surface area contributed by atoms with E-state index >= 15 is 0 Å². The second-order valence-electron chi connectivity index (χ2n) is 8.51. The van der Waals surface area contributed by atoms with E-state index < -0.39 is 0 Å². The molecule has 0 aromatic carbocycles. The molecule has 3 fully saturated rings. The van der Waals surface area contributed by atoms with Gasteiger partial charge in [-0.2, -0.15) is 0 Å². The van der Waals surface area contributed by atoms with Crippen LogP contribution in [0.1, 0.15) is 46.0 Å². The lowest BCUT2D eigenvalue weighted by molar-refractivity contribution is 0.0113. The van der Waals surface area contributed by atoms with Crippen molar-refractivity contribution in [2.45, 2.75) is 52.0 Å². The van der Waals surface area contributed by atoms with E-state index in [4.69, 9.17) is 0 Å². The molecule has 122 valence electrons. The van der Waals surface area contributed by atoms with Crippen molar-refractivity contribution < 1.29 is 0 Å². The molecular weight excluding hydrogens is 258 g/mol. The standard InChI is InChI=1S/C18H35N3/c1-18(2,16-7-4-9-19-12-16)14-21-11-8-17-15(13-21)6-5-10-20(17)3/h15-17,19H,4-14H2,1-3H3. The van der Waals surface area contributed by atoms with Crippen molar-refractivity contribution in [1.29, 1.82) is 0 Å². The SMILES string of the molecule is CN1CCCC2CN(CC(C)(C)C3CCCNC3)CCC21. The van der Waals surface area contributed by atoms with Gasteiger partial charge in [0.1, 0.15) is 0 Å². The van der Waals surface area contributed by atoms with Crippen LogP contribution in [-0.2, 0) is 0 Å². The Balaban J connectivity index is 1.55. The van der Waals surface area contributed by atoms with E-state index in [-0.39, 0.29) is 0 Å². The second-order valence-corrected chi connectivity index (χ2v) is 8.51. The summed E-state index contributed by atoms with van der Waals surface area (Å²) in [6.45, 7) is 12.7. The zero-order valence-corrected chi connectivity index (χ0v) is 14.4. The number of rotatable bonds is 3. The van der Waals surface area contributed by atoms with Crippen LogP contribution in [0.2, 0.25) is 0 Å². The number of hydrogen-bond donors (Lipinski definition) is 1. The topological polar surface area (TPSA) is 18.5 Å². The minimum atomic E-state index is 0.459. The second kappa shape index (κ2) is 6.55. The van der Waals surface area contributed by atoms with Gasteiger partial charge in [0.15, 0.2) is 0 Å². The fraction of sp³-hybridized carbons (Fsp3) is 1.00. The van der Waals surface area contributed by atoms with Crippen LogP contribution in [0.25, 0.3) is 0 Å². The average molecular weight is 293 g/mol. The van der Waals surface area contributed by atoms with E-state index in [1.807, 2.05) is 0 Å². The van der Waals surface area contributed by atoms with E-state index in [1.54, 1.807) is 0 Å². The van der Waals surface area contributed by atoms with E-state index in [2.05, 4.69) is 36.0 Å². The minimum Gasteiger partial charge on any atom is -0.316 e. The molecule has 1 N–H and O–H groups in total. The molecule has 3 heterocycles. The fourth-order valence-corrected chi connectivity index (χ4v) is 5.10. The van der Waals surface area contributed by atoms with Gasteiger partial charge in [-0.3, -0.25) is 0 Å². The van der Waals surface area contributed by atoms with Crippen molar-refractivity contribution in [3.63, 3.8) is 0 Å². The Morgan fingerprint density at radius 3 is 2.71 bits per heavy atom. The predicted octanol–water partition coefficient (Wildman–Crippen LogP) is 2.43. The highest BCUT2D eigenvalue weighted by Crippen LogP contribution is 2.35. The predicted molar refractivity (Wildman–Crippen MR) is 89.6 cm³/mol. The third kappa shape index (κ3) is 3.62. The molecule has 0 spiro atoms. The lowest BCUT2D eigenvalue weighted by atomic mass is 9.74. The zero-order chi connectivity index (χ0) is 14.9. The number of fused-ring (bicyclic) bond motifs is 1. The first-order valence-electron chi connectivity index (χ1n) is 9.19. The molecule has 0 amide bonds. The summed E-state index contributed by atoms with van der Waals surface area (Å²) in [6, 6.07) is 0.870. The molecule has 3 unspecified atom stereocenters. The fourth-order valence-electron chi connectivity index (χ4n) is 5.10. The monoisotopic (exact) mass is 293 g/mol. The van der Waals surface area contributed by atoms with Gasteiger partial charge in [-0.25, -0.2) is 0 Å². The number of nitrogens with one attached hydrogen (secondary N) is 1. The molecular formula is C18H35N3. The van der Waals surface area contributed by atoms with Crippen LogP contribution >= 0.6 is 0 Å². The summed E-state index contributed by atoms with van der Waals surface area (Å²) in [4.78, 5) is 5.41. The molecule has 3 rings (SSSR count). The van der Waals surface area contributed by atoms with Gasteiger partial charge in [0.25, 0.3) is 0 Å². The number of likely N-dealkylation sites (tertiary alicyclic amines) is 2. The van der Waals surface area contributed by atoms with Crippen LogP contribution < -0.4 is 5.32 Å². The van der Waals surface area contributed by atoms with Crippen molar-refractivity contribution in [2.75, 3.05) is 46.3 Å². The first-order chi connectivity index (χ1) is 10.1. The van der Waals surface area contributed by atoms with E-state index in [1.165, 1.54) is 71.4 Å². The molecule has 0 aromatic rings. The number of hydrogen-bond acceptors (Lipinski definition) is 3. The van der Waals surface area contributed by atoms with Crippen LogP contribution in [0.4, 0.5) is 0 Å². The first-order valence-corrected chi connectivity index (χ1v) is 9.19. The van der Waals surface area contributed by atoms with Crippen LogP contribution in [0.5, 0.6) is 0 Å². The average Bonchev–Trinajstić information content (AvgIpc) is 2.48. The zero-order valence-electron chi connectivity index (χ0n) is 14.4. The molecule has 3 saturated heterocycles. The Kier molecular flexibility index (Phi) is 4.92. The Hall–Kier alpha value is -0.120. The van der Waals surface area contributed by atoms with Crippen LogP contribution in [0, 0.1) is 17.3 Å². The molecule has 0 bridgehead atoms. The third-order valence-corrected chi connectivity index (χ3v) is 6.46. The van der Waals surface area contributed by atoms with E-state index in [0.29, 0.717) is 5.41 Å². The third-order valence-electron chi connectivity index (χ3n) is 6.46. The maximum Gasteiger partial charge on any atom is 0.0145 e. The molecule has 3 aliphatic rings. The van der Waals surface area contributed by atoms with Gasteiger partial charge in [-0.05, 0) is 82.6 Å². The quantitative estimate of drug-likeness (QED) is 0.862. The summed E-state index contributed by atoms with van der Waals surface area (Å²) < 4.78 is 0. The molecule has 0 saturated carbocycles. The maximum absolute atomic E-state index is 3.60. The van der Waals surface area contributed by atoms with Crippen molar-refractivity contribution in [2.24, 2.45) is 17.3 Å². The number of nitrogens with zero attached hydrogens (tertiary/aromatic N) is 2. The smallest absolute Gasteiger partial charge is 0.0145 e. The molecule has 0 aromatic heterocycles. The van der Waals surface area contributed by atoms with Crippen molar-refractivity contribution in [3.8, 4) is 0 Å². The Morgan fingerprint density at radius 1 is 1.10 bits per heavy atom. The largest absolute Gasteiger partial charge is 0.316 e. The first kappa shape index (κ1) is 15.8. The molecule has 3 aliphatic heterocycles. The van der Waals surface area contributed by atoms with Crippen LogP contribution in [0.15, 0.2) is 0 Å². The summed E-state index contributed by atoms with van der Waals surface area (Å²) in [5.41, 5.74) is 0.459. The molecule has 21 heavy (non-hydrogen) atoms. The van der Waals surface area contributed by atoms with Crippen molar-refractivity contribution in [1.82, 2.24) is 15.1 Å². The van der Waals surface area contributed by atoms with Gasteiger partial charge < -0.3 is 15.1 Å². The minimum absolute atomic E-state index is 0.459. The van der Waals surface area contributed by atoms with E-state index in [0.717, 1.165) is 17.9 Å². The lowest BCUT2D eigenvalue weighted by Crippen LogP contribution is -2.55. The van der Waals surface area contributed by atoms with Gasteiger partial charge in [-0.1, -0.05) is 13.8 Å². The summed E-state index contributed by atoms with van der Waals surface area (Å²) in [6.07, 6.45) is 7.03. The van der Waals surface area contributed by atoms with Crippen LogP contribution in [-0.4, -0.2) is 62.2 Å². The summed E-state index contributed by atoms with van der Waals surface area (Å²) >= 11 is 0. The Labute approximate surface area is 131 Å². The van der Waals surface area contributed by atoms with Crippen molar-refractivity contribution in [3.05, 3.63) is 0 Å². The lowest BCUT2D eigenvalue weighted by Gasteiger charge is -2.48.